The summed E-state index contributed by atoms with van der Waals surface area (Å²) in [5, 5.41) is 2.68. The molecule has 2 aromatic carbocycles. The van der Waals surface area contributed by atoms with Crippen LogP contribution >= 0.6 is 0 Å². The van der Waals surface area contributed by atoms with Crippen LogP contribution < -0.4 is 0 Å². The lowest BCUT2D eigenvalue weighted by Crippen LogP contribution is -1.85. The molecule has 0 aliphatic carbocycles. The monoisotopic (exact) mass is 296 g/mol. The lowest BCUT2D eigenvalue weighted by Gasteiger charge is -2.09. The predicted octanol–water partition coefficient (Wildman–Crippen LogP) is 7.57. The summed E-state index contributed by atoms with van der Waals surface area (Å²) in [5.74, 6) is 0. The van der Waals surface area contributed by atoms with E-state index >= 15 is 0 Å². The van der Waals surface area contributed by atoms with Crippen LogP contribution in [-0.4, -0.2) is 0 Å². The summed E-state index contributed by atoms with van der Waals surface area (Å²) in [5.41, 5.74) is 3.96. The number of benzene rings is 2. The third-order valence-corrected chi connectivity index (χ3v) is 3.11. The first-order valence-electron chi connectivity index (χ1n) is 8.43. The van der Waals surface area contributed by atoms with E-state index in [-0.39, 0.29) is 0 Å². The third-order valence-electron chi connectivity index (χ3n) is 3.11. The zero-order valence-electron chi connectivity index (χ0n) is 15.4. The molecule has 2 rings (SSSR count). The van der Waals surface area contributed by atoms with Gasteiger partial charge in [0.25, 0.3) is 0 Å². The Morgan fingerprint density at radius 1 is 0.955 bits per heavy atom. The van der Waals surface area contributed by atoms with Crippen molar-refractivity contribution in [2.45, 2.75) is 54.9 Å². The highest BCUT2D eigenvalue weighted by molar-refractivity contribution is 5.95. The van der Waals surface area contributed by atoms with Crippen molar-refractivity contribution in [3.05, 3.63) is 65.8 Å². The summed E-state index contributed by atoms with van der Waals surface area (Å²) >= 11 is 0. The average molecular weight is 296 g/mol. The summed E-state index contributed by atoms with van der Waals surface area (Å²) < 4.78 is 0. The maximum atomic E-state index is 2.22. The molecule has 0 heterocycles. The lowest BCUT2D eigenvalue weighted by molar-refractivity contribution is 1.09. The quantitative estimate of drug-likeness (QED) is 0.501. The van der Waals surface area contributed by atoms with E-state index in [1.165, 1.54) is 33.9 Å². The summed E-state index contributed by atoms with van der Waals surface area (Å²) in [7, 11) is 0. The minimum atomic E-state index is 1.25. The molecule has 0 radical (unpaired) electrons. The molecule has 0 spiro atoms. The van der Waals surface area contributed by atoms with Crippen LogP contribution in [0.1, 0.15) is 59.1 Å². The first-order valence-corrected chi connectivity index (χ1v) is 8.43. The molecule has 0 nitrogen and oxygen atoms in total. The van der Waals surface area contributed by atoms with Gasteiger partial charge >= 0.3 is 0 Å². The Labute approximate surface area is 137 Å². The maximum Gasteiger partial charge on any atom is -0.0106 e. The summed E-state index contributed by atoms with van der Waals surface area (Å²) in [6.45, 7) is 14.6. The molecule has 0 amide bonds. The van der Waals surface area contributed by atoms with E-state index in [1.54, 1.807) is 0 Å². The summed E-state index contributed by atoms with van der Waals surface area (Å²) in [6.07, 6.45) is 7.56. The Bertz CT molecular complexity index is 600. The molecule has 0 saturated heterocycles. The first-order chi connectivity index (χ1) is 10.7. The van der Waals surface area contributed by atoms with Crippen molar-refractivity contribution in [2.75, 3.05) is 0 Å². The van der Waals surface area contributed by atoms with Gasteiger partial charge in [0.05, 0.1) is 0 Å². The molecular weight excluding hydrogens is 264 g/mol. The van der Waals surface area contributed by atoms with Gasteiger partial charge in [-0.2, -0.15) is 0 Å². The molecule has 0 bridgehead atoms. The van der Waals surface area contributed by atoms with E-state index in [9.17, 15) is 0 Å². The van der Waals surface area contributed by atoms with Crippen LogP contribution in [0.5, 0.6) is 0 Å². The summed E-state index contributed by atoms with van der Waals surface area (Å²) in [6, 6.07) is 13.0. The molecule has 0 fully saturated rings. The summed E-state index contributed by atoms with van der Waals surface area (Å²) in [4.78, 5) is 0. The second-order valence-corrected chi connectivity index (χ2v) is 5.06. The van der Waals surface area contributed by atoms with Gasteiger partial charge in [-0.25, -0.2) is 0 Å². The highest BCUT2D eigenvalue weighted by Crippen LogP contribution is 2.27. The van der Waals surface area contributed by atoms with Crippen LogP contribution in [0.15, 0.2) is 54.6 Å². The standard InChI is InChI=1S/C17H18.C3H8.C2H6/c1-4-5-8-13(2)16-12-11-14(3)15-9-6-7-10-17(15)16;1-3-2;1-2/h4-12H,1-3H3;3H2,1-2H3;1-2H3/b5-4-,13-8+;;. The third kappa shape index (κ3) is 5.89. The minimum absolute atomic E-state index is 1.25. The molecule has 120 valence electrons. The van der Waals surface area contributed by atoms with Crippen LogP contribution in [0.4, 0.5) is 0 Å². The van der Waals surface area contributed by atoms with Gasteiger partial charge in [-0.05, 0) is 48.2 Å². The predicted molar refractivity (Wildman–Crippen MR) is 104 cm³/mol. The van der Waals surface area contributed by atoms with E-state index in [0.717, 1.165) is 0 Å². The lowest BCUT2D eigenvalue weighted by atomic mass is 9.96. The molecule has 0 N–H and O–H groups in total. The molecule has 2 aromatic rings. The van der Waals surface area contributed by atoms with Crippen molar-refractivity contribution in [2.24, 2.45) is 0 Å². The average Bonchev–Trinajstić information content (AvgIpc) is 2.56. The second kappa shape index (κ2) is 11.8. The molecule has 22 heavy (non-hydrogen) atoms. The molecule has 0 aliphatic rings. The Kier molecular flexibility index (Phi) is 10.8. The number of allylic oxidation sites excluding steroid dienone is 4. The van der Waals surface area contributed by atoms with E-state index < -0.39 is 0 Å². The fourth-order valence-corrected chi connectivity index (χ4v) is 2.12. The van der Waals surface area contributed by atoms with Gasteiger partial charge in [-0.15, -0.1) is 0 Å². The van der Waals surface area contributed by atoms with E-state index in [0.29, 0.717) is 0 Å². The van der Waals surface area contributed by atoms with Gasteiger partial charge in [0, 0.05) is 0 Å². The molecule has 0 heteroatoms. The van der Waals surface area contributed by atoms with Gasteiger partial charge in [-0.1, -0.05) is 88.7 Å². The zero-order valence-corrected chi connectivity index (χ0v) is 15.4. The first kappa shape index (κ1) is 20.2. The Balaban J connectivity index is 0.000000789. The fraction of sp³-hybridized carbons (Fsp3) is 0.364. The van der Waals surface area contributed by atoms with Crippen LogP contribution in [0, 0.1) is 6.92 Å². The van der Waals surface area contributed by atoms with Gasteiger partial charge in [0.2, 0.25) is 0 Å². The van der Waals surface area contributed by atoms with E-state index in [2.05, 4.69) is 82.3 Å². The smallest absolute Gasteiger partial charge is 0.0106 e. The van der Waals surface area contributed by atoms with Crippen LogP contribution in [-0.2, 0) is 0 Å². The second-order valence-electron chi connectivity index (χ2n) is 5.06. The topological polar surface area (TPSA) is 0 Å². The number of hydrogen-bond acceptors (Lipinski definition) is 0. The minimum Gasteiger partial charge on any atom is -0.0877 e. The molecule has 0 atom stereocenters. The number of aryl methyl sites for hydroxylation is 1. The molecule has 0 unspecified atom stereocenters. The number of fused-ring (bicyclic) bond motifs is 1. The van der Waals surface area contributed by atoms with Gasteiger partial charge in [-0.3, -0.25) is 0 Å². The Morgan fingerprint density at radius 3 is 2.05 bits per heavy atom. The Hall–Kier alpha value is -1.82. The number of rotatable bonds is 2. The zero-order chi connectivity index (χ0) is 17.0. The van der Waals surface area contributed by atoms with Crippen molar-refractivity contribution >= 4 is 16.3 Å². The van der Waals surface area contributed by atoms with Crippen LogP contribution in [0.25, 0.3) is 16.3 Å². The maximum absolute atomic E-state index is 2.22. The highest BCUT2D eigenvalue weighted by atomic mass is 14.1. The largest absolute Gasteiger partial charge is 0.0877 e. The van der Waals surface area contributed by atoms with Crippen molar-refractivity contribution in [3.63, 3.8) is 0 Å². The SMILES string of the molecule is C/C=C\C=C(/C)c1ccc(C)c2ccccc12.CC.CCC. The van der Waals surface area contributed by atoms with Crippen molar-refractivity contribution < 1.29 is 0 Å². The molecule has 0 aromatic heterocycles. The Morgan fingerprint density at radius 2 is 1.50 bits per heavy atom. The molecule has 0 aliphatic heterocycles. The van der Waals surface area contributed by atoms with Crippen molar-refractivity contribution in [1.82, 2.24) is 0 Å². The van der Waals surface area contributed by atoms with Crippen LogP contribution in [0.2, 0.25) is 0 Å². The normalized spacial score (nSPS) is 10.8. The van der Waals surface area contributed by atoms with Crippen molar-refractivity contribution in [3.8, 4) is 0 Å². The molecule has 0 saturated carbocycles. The fourth-order valence-electron chi connectivity index (χ4n) is 2.12. The van der Waals surface area contributed by atoms with E-state index in [1.807, 2.05) is 20.8 Å². The number of hydrogen-bond donors (Lipinski definition) is 0. The van der Waals surface area contributed by atoms with Gasteiger partial charge < -0.3 is 0 Å². The molecular formula is C22H32. The highest BCUT2D eigenvalue weighted by Gasteiger charge is 2.03. The van der Waals surface area contributed by atoms with E-state index in [4.69, 9.17) is 0 Å². The van der Waals surface area contributed by atoms with Gasteiger partial charge in [0.1, 0.15) is 0 Å². The van der Waals surface area contributed by atoms with Crippen LogP contribution in [0.3, 0.4) is 0 Å². The van der Waals surface area contributed by atoms with Gasteiger partial charge in [0.15, 0.2) is 0 Å². The van der Waals surface area contributed by atoms with Crippen molar-refractivity contribution in [1.29, 1.82) is 0 Å².